The van der Waals surface area contributed by atoms with Crippen LogP contribution in [0.5, 0.6) is 0 Å². The van der Waals surface area contributed by atoms with E-state index in [4.69, 9.17) is 4.74 Å². The van der Waals surface area contributed by atoms with Gasteiger partial charge in [-0.3, -0.25) is 0 Å². The summed E-state index contributed by atoms with van der Waals surface area (Å²) < 4.78 is 5.41. The number of hydrogen-bond acceptors (Lipinski definition) is 3. The van der Waals surface area contributed by atoms with E-state index in [1.165, 1.54) is 19.5 Å². The van der Waals surface area contributed by atoms with Gasteiger partial charge in [0.2, 0.25) is 0 Å². The Balaban J connectivity index is 1.82. The summed E-state index contributed by atoms with van der Waals surface area (Å²) in [4.78, 5) is 2.52. The fraction of sp³-hybridized carbons (Fsp3) is 1.00. The lowest BCUT2D eigenvalue weighted by Gasteiger charge is -2.33. The zero-order valence-electron chi connectivity index (χ0n) is 11.9. The van der Waals surface area contributed by atoms with Crippen molar-refractivity contribution in [1.82, 2.24) is 4.90 Å². The van der Waals surface area contributed by atoms with Crippen LogP contribution in [0.15, 0.2) is 0 Å². The van der Waals surface area contributed by atoms with Crippen molar-refractivity contribution in [2.24, 2.45) is 5.92 Å². The predicted octanol–water partition coefficient (Wildman–Crippen LogP) is 2.43. The Morgan fingerprint density at radius 3 is 2.72 bits per heavy atom. The van der Waals surface area contributed by atoms with Gasteiger partial charge in [-0.05, 0) is 64.0 Å². The molecule has 0 amide bonds. The van der Waals surface area contributed by atoms with Crippen LogP contribution in [0.4, 0.5) is 0 Å². The van der Waals surface area contributed by atoms with Crippen molar-refractivity contribution >= 4 is 0 Å². The van der Waals surface area contributed by atoms with E-state index in [0.717, 1.165) is 58.3 Å². The van der Waals surface area contributed by atoms with Crippen LogP contribution >= 0.6 is 0 Å². The molecule has 106 valence electrons. The van der Waals surface area contributed by atoms with Crippen LogP contribution < -0.4 is 0 Å². The Bertz CT molecular complexity index is 241. The second-order valence-electron chi connectivity index (χ2n) is 6.18. The molecule has 0 aromatic carbocycles. The minimum absolute atomic E-state index is 0.398. The molecule has 2 aliphatic heterocycles. The number of hydrogen-bond donors (Lipinski definition) is 1. The second-order valence-corrected chi connectivity index (χ2v) is 6.18. The number of ether oxygens (including phenoxy) is 1. The molecule has 0 bridgehead atoms. The molecule has 1 atom stereocenters. The van der Waals surface area contributed by atoms with Crippen molar-refractivity contribution in [1.29, 1.82) is 0 Å². The van der Waals surface area contributed by atoms with Gasteiger partial charge in [-0.15, -0.1) is 0 Å². The van der Waals surface area contributed by atoms with Crippen molar-refractivity contribution in [3.63, 3.8) is 0 Å². The summed E-state index contributed by atoms with van der Waals surface area (Å²) in [6, 6.07) is 0. The highest BCUT2D eigenvalue weighted by Crippen LogP contribution is 2.32. The van der Waals surface area contributed by atoms with Crippen LogP contribution in [-0.4, -0.2) is 48.5 Å². The van der Waals surface area contributed by atoms with Gasteiger partial charge in [-0.25, -0.2) is 0 Å². The molecule has 1 N–H and O–H groups in total. The first-order chi connectivity index (χ1) is 8.72. The Kier molecular flexibility index (Phi) is 5.46. The molecule has 0 aromatic rings. The molecule has 2 aliphatic rings. The first kappa shape index (κ1) is 14.3. The van der Waals surface area contributed by atoms with Gasteiger partial charge in [-0.1, -0.05) is 6.92 Å². The molecule has 1 unspecified atom stereocenters. The van der Waals surface area contributed by atoms with Crippen molar-refractivity contribution < 1.29 is 9.84 Å². The molecule has 0 aromatic heterocycles. The maximum Gasteiger partial charge on any atom is 0.0663 e. The first-order valence-electron chi connectivity index (χ1n) is 7.74. The van der Waals surface area contributed by atoms with Crippen molar-refractivity contribution in [3.05, 3.63) is 0 Å². The molecule has 18 heavy (non-hydrogen) atoms. The molecule has 0 spiro atoms. The van der Waals surface area contributed by atoms with E-state index in [9.17, 15) is 5.11 Å². The lowest BCUT2D eigenvalue weighted by atomic mass is 9.82. The molecule has 2 heterocycles. The zero-order chi connectivity index (χ0) is 12.8. The fourth-order valence-electron chi connectivity index (χ4n) is 3.47. The highest BCUT2D eigenvalue weighted by Gasteiger charge is 2.33. The van der Waals surface area contributed by atoms with Crippen LogP contribution in [0.1, 0.15) is 51.9 Å². The van der Waals surface area contributed by atoms with Crippen LogP contribution in [0.25, 0.3) is 0 Å². The summed E-state index contributed by atoms with van der Waals surface area (Å²) in [6.45, 7) is 7.45. The predicted molar refractivity (Wildman–Crippen MR) is 73.7 cm³/mol. The standard InChI is InChI=1S/C15H29NO2/c1-2-8-16-9-3-6-15(17,7-10-16)13-14-4-11-18-12-5-14/h14,17H,2-13H2,1H3. The van der Waals surface area contributed by atoms with E-state index in [1.54, 1.807) is 0 Å². The molecule has 0 saturated carbocycles. The van der Waals surface area contributed by atoms with Gasteiger partial charge in [0.25, 0.3) is 0 Å². The van der Waals surface area contributed by atoms with E-state index in [-0.39, 0.29) is 0 Å². The first-order valence-corrected chi connectivity index (χ1v) is 7.74. The normalized spacial score (nSPS) is 32.3. The maximum absolute atomic E-state index is 10.8. The number of likely N-dealkylation sites (tertiary alicyclic amines) is 1. The molecule has 2 saturated heterocycles. The summed E-state index contributed by atoms with van der Waals surface area (Å²) in [6.07, 6.45) is 7.60. The van der Waals surface area contributed by atoms with E-state index in [1.807, 2.05) is 0 Å². The van der Waals surface area contributed by atoms with E-state index < -0.39 is 5.60 Å². The Hall–Kier alpha value is -0.120. The molecule has 2 fully saturated rings. The third-order valence-electron chi connectivity index (χ3n) is 4.56. The largest absolute Gasteiger partial charge is 0.390 e. The van der Waals surface area contributed by atoms with Gasteiger partial charge >= 0.3 is 0 Å². The minimum atomic E-state index is -0.398. The highest BCUT2D eigenvalue weighted by atomic mass is 16.5. The van der Waals surface area contributed by atoms with Gasteiger partial charge in [0, 0.05) is 19.8 Å². The summed E-state index contributed by atoms with van der Waals surface area (Å²) in [5.74, 6) is 0.682. The summed E-state index contributed by atoms with van der Waals surface area (Å²) in [7, 11) is 0. The molecule has 2 rings (SSSR count). The number of nitrogens with zero attached hydrogens (tertiary/aromatic N) is 1. The second kappa shape index (κ2) is 6.88. The van der Waals surface area contributed by atoms with E-state index in [0.29, 0.717) is 5.92 Å². The van der Waals surface area contributed by atoms with Gasteiger partial charge < -0.3 is 14.7 Å². The number of aliphatic hydroxyl groups is 1. The zero-order valence-corrected chi connectivity index (χ0v) is 11.9. The van der Waals surface area contributed by atoms with E-state index >= 15 is 0 Å². The lowest BCUT2D eigenvalue weighted by Crippen LogP contribution is -2.35. The minimum Gasteiger partial charge on any atom is -0.390 e. The topological polar surface area (TPSA) is 32.7 Å². The van der Waals surface area contributed by atoms with Gasteiger partial charge in [0.05, 0.1) is 5.60 Å². The highest BCUT2D eigenvalue weighted by molar-refractivity contribution is 4.86. The number of rotatable bonds is 4. The SMILES string of the molecule is CCCN1CCCC(O)(CC2CCOCC2)CC1. The Labute approximate surface area is 112 Å². The quantitative estimate of drug-likeness (QED) is 0.837. The Morgan fingerprint density at radius 1 is 1.22 bits per heavy atom. The van der Waals surface area contributed by atoms with Crippen LogP contribution in [0.2, 0.25) is 0 Å². The monoisotopic (exact) mass is 255 g/mol. The van der Waals surface area contributed by atoms with Crippen molar-refractivity contribution in [2.45, 2.75) is 57.5 Å². The Morgan fingerprint density at radius 2 is 2.00 bits per heavy atom. The third-order valence-corrected chi connectivity index (χ3v) is 4.56. The maximum atomic E-state index is 10.8. The lowest BCUT2D eigenvalue weighted by molar-refractivity contribution is -0.0212. The fourth-order valence-corrected chi connectivity index (χ4v) is 3.47. The van der Waals surface area contributed by atoms with Crippen molar-refractivity contribution in [2.75, 3.05) is 32.8 Å². The van der Waals surface area contributed by atoms with Gasteiger partial charge in [0.1, 0.15) is 0 Å². The average molecular weight is 255 g/mol. The van der Waals surface area contributed by atoms with Gasteiger partial charge in [-0.2, -0.15) is 0 Å². The summed E-state index contributed by atoms with van der Waals surface area (Å²) in [5, 5.41) is 10.8. The molecule has 3 nitrogen and oxygen atoms in total. The summed E-state index contributed by atoms with van der Waals surface area (Å²) >= 11 is 0. The van der Waals surface area contributed by atoms with Gasteiger partial charge in [0.15, 0.2) is 0 Å². The van der Waals surface area contributed by atoms with E-state index in [2.05, 4.69) is 11.8 Å². The molecule has 0 aliphatic carbocycles. The molecule has 0 radical (unpaired) electrons. The third kappa shape index (κ3) is 4.22. The van der Waals surface area contributed by atoms with Crippen LogP contribution in [0, 0.1) is 5.92 Å². The van der Waals surface area contributed by atoms with Crippen molar-refractivity contribution in [3.8, 4) is 0 Å². The molecular weight excluding hydrogens is 226 g/mol. The smallest absolute Gasteiger partial charge is 0.0663 e. The average Bonchev–Trinajstić information content (AvgIpc) is 2.54. The summed E-state index contributed by atoms with van der Waals surface area (Å²) in [5.41, 5.74) is -0.398. The molecular formula is C15H29NO2. The van der Waals surface area contributed by atoms with Crippen LogP contribution in [0.3, 0.4) is 0 Å². The molecule has 3 heteroatoms. The van der Waals surface area contributed by atoms with Crippen LogP contribution in [-0.2, 0) is 4.74 Å².